The van der Waals surface area contributed by atoms with Gasteiger partial charge in [-0.2, -0.15) is 0 Å². The molecule has 0 radical (unpaired) electrons. The molecule has 0 heterocycles. The SMILES string of the molecule is C=C=CNC=C=C. The maximum atomic E-state index is 3.32. The molecule has 0 spiro atoms. The van der Waals surface area contributed by atoms with Gasteiger partial charge in [-0.1, -0.05) is 13.2 Å². The second-order valence-electron chi connectivity index (χ2n) is 0.864. The standard InChI is InChI=1S/C6H7N/c1-3-5-7-6-4-2/h5-7H,1-2H2. The summed E-state index contributed by atoms with van der Waals surface area (Å²) in [6, 6.07) is 0. The van der Waals surface area contributed by atoms with Crippen molar-refractivity contribution in [1.29, 1.82) is 0 Å². The predicted molar refractivity (Wildman–Crippen MR) is 30.6 cm³/mol. The predicted octanol–water partition coefficient (Wildman–Crippen LogP) is 1.17. The molecule has 0 aromatic carbocycles. The van der Waals surface area contributed by atoms with Gasteiger partial charge >= 0.3 is 0 Å². The van der Waals surface area contributed by atoms with Gasteiger partial charge in [-0.15, -0.1) is 11.5 Å². The summed E-state index contributed by atoms with van der Waals surface area (Å²) in [5.74, 6) is 0. The third-order valence-corrected chi connectivity index (χ3v) is 0.371. The van der Waals surface area contributed by atoms with Crippen molar-refractivity contribution in [1.82, 2.24) is 5.32 Å². The highest BCUT2D eigenvalue weighted by atomic mass is 14.8. The third kappa shape index (κ3) is 4.84. The molecule has 0 saturated carbocycles. The largest absolute Gasteiger partial charge is 0.355 e. The van der Waals surface area contributed by atoms with Gasteiger partial charge < -0.3 is 5.32 Å². The van der Waals surface area contributed by atoms with Crippen LogP contribution >= 0.6 is 0 Å². The van der Waals surface area contributed by atoms with Crippen LogP contribution in [0.1, 0.15) is 0 Å². The molecule has 0 aliphatic carbocycles. The highest BCUT2D eigenvalue weighted by Gasteiger charge is 1.51. The maximum Gasteiger partial charge on any atom is 0.0435 e. The van der Waals surface area contributed by atoms with Crippen LogP contribution in [0.4, 0.5) is 0 Å². The molecule has 0 fully saturated rings. The Labute approximate surface area is 43.4 Å². The van der Waals surface area contributed by atoms with Crippen LogP contribution in [0.15, 0.2) is 37.0 Å². The van der Waals surface area contributed by atoms with Gasteiger partial charge in [-0.3, -0.25) is 0 Å². The Balaban J connectivity index is 3.33. The van der Waals surface area contributed by atoms with Crippen LogP contribution in [0.5, 0.6) is 0 Å². The molecule has 1 N–H and O–H groups in total. The minimum absolute atomic E-state index is 1.57. The smallest absolute Gasteiger partial charge is 0.0435 e. The van der Waals surface area contributed by atoms with E-state index < -0.39 is 0 Å². The number of hydrogen-bond acceptors (Lipinski definition) is 1. The summed E-state index contributed by atoms with van der Waals surface area (Å²) in [4.78, 5) is 0. The fourth-order valence-electron chi connectivity index (χ4n) is 0.160. The molecule has 0 saturated heterocycles. The number of rotatable bonds is 2. The number of hydrogen-bond donors (Lipinski definition) is 1. The van der Waals surface area contributed by atoms with E-state index in [0.717, 1.165) is 0 Å². The highest BCUT2D eigenvalue weighted by Crippen LogP contribution is 1.54. The van der Waals surface area contributed by atoms with Crippen molar-refractivity contribution in [3.05, 3.63) is 37.0 Å². The first-order valence-corrected chi connectivity index (χ1v) is 1.86. The van der Waals surface area contributed by atoms with Crippen molar-refractivity contribution in [2.24, 2.45) is 0 Å². The Morgan fingerprint density at radius 1 is 1.14 bits per heavy atom. The first-order valence-electron chi connectivity index (χ1n) is 1.86. The van der Waals surface area contributed by atoms with E-state index in [1.807, 2.05) is 0 Å². The van der Waals surface area contributed by atoms with E-state index in [2.05, 4.69) is 29.9 Å². The molecule has 0 unspecified atom stereocenters. The molecular formula is C6H7N. The van der Waals surface area contributed by atoms with Gasteiger partial charge in [0.2, 0.25) is 0 Å². The second kappa shape index (κ2) is 4.84. The monoisotopic (exact) mass is 93.1 g/mol. The summed E-state index contributed by atoms with van der Waals surface area (Å²) >= 11 is 0. The van der Waals surface area contributed by atoms with Gasteiger partial charge in [0.15, 0.2) is 0 Å². The summed E-state index contributed by atoms with van der Waals surface area (Å²) in [7, 11) is 0. The summed E-state index contributed by atoms with van der Waals surface area (Å²) in [5.41, 5.74) is 5.03. The summed E-state index contributed by atoms with van der Waals surface area (Å²) < 4.78 is 0. The average Bonchev–Trinajstić information content (AvgIpc) is 1.69. The minimum atomic E-state index is 1.57. The van der Waals surface area contributed by atoms with Crippen LogP contribution in [-0.4, -0.2) is 0 Å². The Bertz CT molecular complexity index is 107. The van der Waals surface area contributed by atoms with Gasteiger partial charge in [0.25, 0.3) is 0 Å². The molecule has 0 bridgehead atoms. The summed E-state index contributed by atoms with van der Waals surface area (Å²) in [6.07, 6.45) is 3.14. The van der Waals surface area contributed by atoms with E-state index in [0.29, 0.717) is 0 Å². The maximum absolute atomic E-state index is 3.32. The van der Waals surface area contributed by atoms with Crippen molar-refractivity contribution in [2.45, 2.75) is 0 Å². The molecule has 0 aromatic rings. The molecule has 0 aliphatic rings. The van der Waals surface area contributed by atoms with E-state index in [1.54, 1.807) is 12.4 Å². The Morgan fingerprint density at radius 2 is 1.57 bits per heavy atom. The van der Waals surface area contributed by atoms with E-state index in [9.17, 15) is 0 Å². The van der Waals surface area contributed by atoms with E-state index in [4.69, 9.17) is 0 Å². The van der Waals surface area contributed by atoms with Gasteiger partial charge in [0.1, 0.15) is 0 Å². The van der Waals surface area contributed by atoms with Crippen molar-refractivity contribution >= 4 is 0 Å². The zero-order valence-electron chi connectivity index (χ0n) is 4.07. The van der Waals surface area contributed by atoms with Crippen molar-refractivity contribution in [2.75, 3.05) is 0 Å². The minimum Gasteiger partial charge on any atom is -0.355 e. The Morgan fingerprint density at radius 3 is 1.86 bits per heavy atom. The van der Waals surface area contributed by atoms with E-state index in [-0.39, 0.29) is 0 Å². The lowest BCUT2D eigenvalue weighted by Gasteiger charge is -1.75. The zero-order chi connectivity index (χ0) is 5.54. The lowest BCUT2D eigenvalue weighted by Crippen LogP contribution is -1.86. The molecule has 1 nitrogen and oxygen atoms in total. The fourth-order valence-corrected chi connectivity index (χ4v) is 0.160. The highest BCUT2D eigenvalue weighted by molar-refractivity contribution is 4.82. The van der Waals surface area contributed by atoms with Crippen molar-refractivity contribution in [3.8, 4) is 0 Å². The van der Waals surface area contributed by atoms with Crippen molar-refractivity contribution in [3.63, 3.8) is 0 Å². The molecule has 0 aromatic heterocycles. The topological polar surface area (TPSA) is 12.0 Å². The quantitative estimate of drug-likeness (QED) is 0.505. The van der Waals surface area contributed by atoms with Gasteiger partial charge in [0, 0.05) is 12.4 Å². The van der Waals surface area contributed by atoms with E-state index in [1.165, 1.54) is 0 Å². The summed E-state index contributed by atoms with van der Waals surface area (Å²) in [5, 5.41) is 2.69. The molecule has 0 atom stereocenters. The molecular weight excluding hydrogens is 86.1 g/mol. The van der Waals surface area contributed by atoms with Crippen LogP contribution in [-0.2, 0) is 0 Å². The fraction of sp³-hybridized carbons (Fsp3) is 0. The van der Waals surface area contributed by atoms with Crippen LogP contribution in [0, 0.1) is 0 Å². The molecule has 0 rings (SSSR count). The van der Waals surface area contributed by atoms with Crippen LogP contribution in [0.3, 0.4) is 0 Å². The van der Waals surface area contributed by atoms with Crippen LogP contribution in [0.2, 0.25) is 0 Å². The lowest BCUT2D eigenvalue weighted by molar-refractivity contribution is 1.21. The van der Waals surface area contributed by atoms with Crippen LogP contribution in [0.25, 0.3) is 0 Å². The second-order valence-corrected chi connectivity index (χ2v) is 0.864. The molecule has 0 amide bonds. The lowest BCUT2D eigenvalue weighted by atomic mass is 10.8. The van der Waals surface area contributed by atoms with Gasteiger partial charge in [-0.25, -0.2) is 0 Å². The Kier molecular flexibility index (Phi) is 4.04. The molecule has 36 valence electrons. The first kappa shape index (κ1) is 5.84. The van der Waals surface area contributed by atoms with Crippen molar-refractivity contribution < 1.29 is 0 Å². The normalized spacial score (nSPS) is 5.14. The third-order valence-electron chi connectivity index (χ3n) is 0.371. The summed E-state index contributed by atoms with van der Waals surface area (Å²) in [6.45, 7) is 6.64. The molecule has 0 aliphatic heterocycles. The number of nitrogens with one attached hydrogen (secondary N) is 1. The van der Waals surface area contributed by atoms with Gasteiger partial charge in [-0.05, 0) is 0 Å². The zero-order valence-corrected chi connectivity index (χ0v) is 4.07. The molecule has 1 heteroatoms. The average molecular weight is 93.1 g/mol. The van der Waals surface area contributed by atoms with Gasteiger partial charge in [0.05, 0.1) is 0 Å². The van der Waals surface area contributed by atoms with E-state index >= 15 is 0 Å². The molecule has 7 heavy (non-hydrogen) atoms. The van der Waals surface area contributed by atoms with Crippen LogP contribution < -0.4 is 5.32 Å². The first-order chi connectivity index (χ1) is 3.41. The Hall–Kier alpha value is -1.16.